The lowest BCUT2D eigenvalue weighted by Crippen LogP contribution is -2.46. The van der Waals surface area contributed by atoms with Gasteiger partial charge in [0.25, 0.3) is 0 Å². The van der Waals surface area contributed by atoms with Crippen molar-refractivity contribution in [2.45, 2.75) is 19.9 Å². The van der Waals surface area contributed by atoms with Crippen molar-refractivity contribution in [3.05, 3.63) is 57.7 Å². The molecular weight excluding hydrogens is 383 g/mol. The second kappa shape index (κ2) is 9.40. The van der Waals surface area contributed by atoms with Crippen molar-refractivity contribution in [3.63, 3.8) is 0 Å². The van der Waals surface area contributed by atoms with Crippen molar-refractivity contribution in [1.29, 1.82) is 0 Å². The minimum Gasteiger partial charge on any atom is -0.354 e. The number of nitrogens with one attached hydrogen (secondary N) is 1. The molecule has 2 aromatic rings. The predicted molar refractivity (Wildman–Crippen MR) is 111 cm³/mol. The maximum Gasteiger partial charge on any atom is 0.224 e. The predicted octanol–water partition coefficient (Wildman–Crippen LogP) is 3.39. The van der Waals surface area contributed by atoms with E-state index in [1.54, 1.807) is 18.2 Å². The van der Waals surface area contributed by atoms with E-state index in [4.69, 9.17) is 23.2 Å². The number of hydrogen-bond acceptors (Lipinski definition) is 4. The fourth-order valence-corrected chi connectivity index (χ4v) is 3.58. The van der Waals surface area contributed by atoms with Gasteiger partial charge in [0.05, 0.1) is 6.42 Å². The van der Waals surface area contributed by atoms with Gasteiger partial charge < -0.3 is 15.1 Å². The maximum absolute atomic E-state index is 12.2. The number of amides is 1. The minimum absolute atomic E-state index is 0.0843. The van der Waals surface area contributed by atoms with Gasteiger partial charge in [0.15, 0.2) is 0 Å². The number of pyridine rings is 1. The number of nitrogens with zero attached hydrogens (tertiary/aromatic N) is 3. The summed E-state index contributed by atoms with van der Waals surface area (Å²) in [5.41, 5.74) is 1.74. The molecule has 0 radical (unpaired) electrons. The van der Waals surface area contributed by atoms with E-state index in [0.29, 0.717) is 16.6 Å². The van der Waals surface area contributed by atoms with Crippen molar-refractivity contribution >= 4 is 34.9 Å². The molecule has 0 bridgehead atoms. The molecule has 0 spiro atoms. The van der Waals surface area contributed by atoms with Crippen LogP contribution >= 0.6 is 23.2 Å². The Morgan fingerprint density at radius 3 is 2.56 bits per heavy atom. The van der Waals surface area contributed by atoms with E-state index in [-0.39, 0.29) is 12.3 Å². The van der Waals surface area contributed by atoms with Crippen LogP contribution in [0.15, 0.2) is 36.5 Å². The number of anilines is 1. The van der Waals surface area contributed by atoms with Gasteiger partial charge in [-0.15, -0.1) is 0 Å². The van der Waals surface area contributed by atoms with Crippen LogP contribution in [-0.4, -0.2) is 48.5 Å². The minimum atomic E-state index is -0.0843. The lowest BCUT2D eigenvalue weighted by atomic mass is 10.1. The Kier molecular flexibility index (Phi) is 6.94. The highest BCUT2D eigenvalue weighted by Crippen LogP contribution is 2.21. The van der Waals surface area contributed by atoms with Gasteiger partial charge in [-0.2, -0.15) is 0 Å². The van der Waals surface area contributed by atoms with Gasteiger partial charge in [-0.05, 0) is 35.9 Å². The van der Waals surface area contributed by atoms with Gasteiger partial charge in [0, 0.05) is 49.0 Å². The van der Waals surface area contributed by atoms with E-state index in [1.807, 2.05) is 18.3 Å². The Bertz CT molecular complexity index is 774. The van der Waals surface area contributed by atoms with E-state index in [0.717, 1.165) is 49.7 Å². The molecule has 1 aromatic carbocycles. The molecule has 1 amide bonds. The largest absolute Gasteiger partial charge is 0.354 e. The summed E-state index contributed by atoms with van der Waals surface area (Å²) in [7, 11) is 0. The summed E-state index contributed by atoms with van der Waals surface area (Å²) in [5, 5.41) is 3.98. The lowest BCUT2D eigenvalue weighted by Gasteiger charge is -2.34. The quantitative estimate of drug-likeness (QED) is 0.798. The molecule has 0 unspecified atom stereocenters. The molecule has 0 aliphatic carbocycles. The number of benzene rings is 1. The molecule has 0 atom stereocenters. The van der Waals surface area contributed by atoms with Gasteiger partial charge in [0.2, 0.25) is 5.91 Å². The van der Waals surface area contributed by atoms with Gasteiger partial charge >= 0.3 is 0 Å². The Labute approximate surface area is 170 Å². The van der Waals surface area contributed by atoms with Crippen molar-refractivity contribution in [2.24, 2.45) is 0 Å². The average Bonchev–Trinajstić information content (AvgIpc) is 2.69. The van der Waals surface area contributed by atoms with Gasteiger partial charge in [-0.1, -0.05) is 42.3 Å². The summed E-state index contributed by atoms with van der Waals surface area (Å²) in [6, 6.07) is 9.20. The summed E-state index contributed by atoms with van der Waals surface area (Å²) < 4.78 is 0. The Morgan fingerprint density at radius 2 is 1.93 bits per heavy atom. The molecule has 0 saturated carbocycles. The summed E-state index contributed by atoms with van der Waals surface area (Å²) in [6.07, 6.45) is 2.06. The molecule has 2 heterocycles. The number of carbonyl (C=O) groups is 1. The molecule has 1 saturated heterocycles. The first-order valence-electron chi connectivity index (χ1n) is 9.18. The zero-order valence-electron chi connectivity index (χ0n) is 15.4. The van der Waals surface area contributed by atoms with Crippen molar-refractivity contribution in [3.8, 4) is 0 Å². The molecule has 144 valence electrons. The highest BCUT2D eigenvalue weighted by molar-refractivity contribution is 6.35. The maximum atomic E-state index is 12.2. The molecule has 27 heavy (non-hydrogen) atoms. The number of carbonyl (C=O) groups excluding carboxylic acids is 1. The van der Waals surface area contributed by atoms with Crippen LogP contribution in [0.3, 0.4) is 0 Å². The number of likely N-dealkylation sites (N-methyl/N-ethyl adjacent to an activating group) is 1. The molecule has 1 aliphatic heterocycles. The van der Waals surface area contributed by atoms with Crippen molar-refractivity contribution in [1.82, 2.24) is 15.2 Å². The molecule has 1 N–H and O–H groups in total. The molecule has 3 rings (SSSR count). The van der Waals surface area contributed by atoms with E-state index < -0.39 is 0 Å². The molecule has 1 aromatic heterocycles. The number of piperazine rings is 1. The Morgan fingerprint density at radius 1 is 1.15 bits per heavy atom. The van der Waals surface area contributed by atoms with E-state index in [1.165, 1.54) is 0 Å². The van der Waals surface area contributed by atoms with Gasteiger partial charge in [0.1, 0.15) is 5.82 Å². The van der Waals surface area contributed by atoms with E-state index >= 15 is 0 Å². The van der Waals surface area contributed by atoms with Crippen LogP contribution in [0.5, 0.6) is 0 Å². The van der Waals surface area contributed by atoms with Crippen LogP contribution in [-0.2, 0) is 17.8 Å². The van der Waals surface area contributed by atoms with Crippen LogP contribution in [0.4, 0.5) is 5.82 Å². The SMILES string of the molecule is CCN1CCN(c2ccc(CNC(=O)Cc3ccc(Cl)cc3Cl)cn2)CC1. The second-order valence-corrected chi connectivity index (χ2v) is 7.48. The summed E-state index contributed by atoms with van der Waals surface area (Å²) in [6.45, 7) is 7.88. The molecule has 1 fully saturated rings. The molecule has 1 aliphatic rings. The van der Waals surface area contributed by atoms with Crippen LogP contribution < -0.4 is 10.2 Å². The number of rotatable bonds is 6. The zero-order valence-corrected chi connectivity index (χ0v) is 16.9. The van der Waals surface area contributed by atoms with Crippen LogP contribution in [0.25, 0.3) is 0 Å². The summed E-state index contributed by atoms with van der Waals surface area (Å²) in [4.78, 5) is 21.5. The summed E-state index contributed by atoms with van der Waals surface area (Å²) >= 11 is 12.0. The van der Waals surface area contributed by atoms with Crippen LogP contribution in [0, 0.1) is 0 Å². The zero-order chi connectivity index (χ0) is 19.2. The number of aromatic nitrogens is 1. The first-order valence-corrected chi connectivity index (χ1v) is 9.93. The standard InChI is InChI=1S/C20H24Cl2N4O/c1-2-25-7-9-26(10-8-25)19-6-3-15(13-23-19)14-24-20(27)11-16-4-5-17(21)12-18(16)22/h3-6,12-13H,2,7-11,14H2,1H3,(H,24,27). The number of hydrogen-bond donors (Lipinski definition) is 1. The topological polar surface area (TPSA) is 48.5 Å². The average molecular weight is 407 g/mol. The van der Waals surface area contributed by atoms with Crippen LogP contribution in [0.2, 0.25) is 10.0 Å². The molecular formula is C20H24Cl2N4O. The third-order valence-electron chi connectivity index (χ3n) is 4.81. The van der Waals surface area contributed by atoms with Crippen LogP contribution in [0.1, 0.15) is 18.1 Å². The van der Waals surface area contributed by atoms with Crippen molar-refractivity contribution < 1.29 is 4.79 Å². The highest BCUT2D eigenvalue weighted by atomic mass is 35.5. The highest BCUT2D eigenvalue weighted by Gasteiger charge is 2.16. The van der Waals surface area contributed by atoms with Gasteiger partial charge in [-0.25, -0.2) is 4.98 Å². The first kappa shape index (κ1) is 19.9. The summed E-state index contributed by atoms with van der Waals surface area (Å²) in [5.74, 6) is 0.910. The molecule has 7 heteroatoms. The molecule has 5 nitrogen and oxygen atoms in total. The fraction of sp³-hybridized carbons (Fsp3) is 0.400. The normalized spacial score (nSPS) is 15.0. The second-order valence-electron chi connectivity index (χ2n) is 6.64. The lowest BCUT2D eigenvalue weighted by molar-refractivity contribution is -0.120. The van der Waals surface area contributed by atoms with E-state index in [9.17, 15) is 4.79 Å². The smallest absolute Gasteiger partial charge is 0.224 e. The first-order chi connectivity index (χ1) is 13.0. The fourth-order valence-electron chi connectivity index (χ4n) is 3.10. The van der Waals surface area contributed by atoms with E-state index in [2.05, 4.69) is 27.0 Å². The van der Waals surface area contributed by atoms with Crippen molar-refractivity contribution in [2.75, 3.05) is 37.6 Å². The third kappa shape index (κ3) is 5.58. The Hall–Kier alpha value is -1.82. The Balaban J connectivity index is 1.49. The third-order valence-corrected chi connectivity index (χ3v) is 5.40. The van der Waals surface area contributed by atoms with Gasteiger partial charge in [-0.3, -0.25) is 4.79 Å². The number of halogens is 2. The monoisotopic (exact) mass is 406 g/mol.